The van der Waals surface area contributed by atoms with Crippen LogP contribution in [0.3, 0.4) is 0 Å². The fraction of sp³-hybridized carbons (Fsp3) is 0.217. The summed E-state index contributed by atoms with van der Waals surface area (Å²) in [6.07, 6.45) is 0. The van der Waals surface area contributed by atoms with Crippen LogP contribution in [-0.2, 0) is 13.2 Å². The molecular formula is C23H21Cl2NO4. The first kappa shape index (κ1) is 20.5. The molecule has 0 amide bonds. The van der Waals surface area contributed by atoms with Crippen molar-refractivity contribution in [3.05, 3.63) is 75.8 Å². The summed E-state index contributed by atoms with van der Waals surface area (Å²) in [5.41, 5.74) is 2.85. The molecule has 0 bridgehead atoms. The molecule has 5 nitrogen and oxygen atoms in total. The van der Waals surface area contributed by atoms with Crippen molar-refractivity contribution >= 4 is 28.9 Å². The predicted octanol–water partition coefficient (Wildman–Crippen LogP) is 6.31. The van der Waals surface area contributed by atoms with Crippen LogP contribution in [0, 0.1) is 0 Å². The van der Waals surface area contributed by atoms with Gasteiger partial charge in [-0.1, -0.05) is 35.3 Å². The predicted molar refractivity (Wildman–Crippen MR) is 118 cm³/mol. The first-order valence-electron chi connectivity index (χ1n) is 9.58. The van der Waals surface area contributed by atoms with Crippen LogP contribution in [0.2, 0.25) is 10.0 Å². The molecule has 7 heteroatoms. The minimum absolute atomic E-state index is 0.253. The van der Waals surface area contributed by atoms with Gasteiger partial charge in [-0.3, -0.25) is 0 Å². The number of anilines is 1. The Morgan fingerprint density at radius 2 is 1.80 bits per heavy atom. The average Bonchev–Trinajstić information content (AvgIpc) is 3.20. The Labute approximate surface area is 185 Å². The van der Waals surface area contributed by atoms with Crippen LogP contribution < -0.4 is 24.3 Å². The maximum atomic E-state index is 6.53. The third-order valence-electron chi connectivity index (χ3n) is 4.51. The molecule has 1 aliphatic rings. The van der Waals surface area contributed by atoms with Crippen molar-refractivity contribution in [1.82, 2.24) is 0 Å². The lowest BCUT2D eigenvalue weighted by molar-refractivity contribution is 0.174. The highest BCUT2D eigenvalue weighted by atomic mass is 35.5. The molecule has 1 heterocycles. The number of benzene rings is 3. The topological polar surface area (TPSA) is 49.0 Å². The molecule has 3 aromatic carbocycles. The number of rotatable bonds is 8. The van der Waals surface area contributed by atoms with E-state index in [2.05, 4.69) is 5.32 Å². The van der Waals surface area contributed by atoms with E-state index in [0.29, 0.717) is 41.3 Å². The van der Waals surface area contributed by atoms with E-state index in [1.807, 2.05) is 61.5 Å². The number of ether oxygens (including phenoxy) is 4. The Hall–Kier alpha value is -2.76. The SMILES string of the molecule is CCOc1cc(CNc2ccc3c(c2)OCO3)cc(Cl)c1OCc1cccc(Cl)c1. The van der Waals surface area contributed by atoms with Crippen molar-refractivity contribution in [2.45, 2.75) is 20.1 Å². The second-order valence-electron chi connectivity index (χ2n) is 6.68. The van der Waals surface area contributed by atoms with Crippen molar-refractivity contribution in [2.24, 2.45) is 0 Å². The summed E-state index contributed by atoms with van der Waals surface area (Å²) in [7, 11) is 0. The van der Waals surface area contributed by atoms with Gasteiger partial charge in [0.25, 0.3) is 0 Å². The normalized spacial score (nSPS) is 12.0. The van der Waals surface area contributed by atoms with E-state index >= 15 is 0 Å². The van der Waals surface area contributed by atoms with Crippen LogP contribution in [0.4, 0.5) is 5.69 Å². The minimum atomic E-state index is 0.253. The molecule has 0 radical (unpaired) electrons. The third kappa shape index (κ3) is 4.86. The summed E-state index contributed by atoms with van der Waals surface area (Å²) in [4.78, 5) is 0. The van der Waals surface area contributed by atoms with Gasteiger partial charge in [0.2, 0.25) is 6.79 Å². The number of hydrogen-bond acceptors (Lipinski definition) is 5. The molecule has 1 aliphatic heterocycles. The van der Waals surface area contributed by atoms with Crippen molar-refractivity contribution < 1.29 is 18.9 Å². The van der Waals surface area contributed by atoms with Crippen LogP contribution in [0.15, 0.2) is 54.6 Å². The van der Waals surface area contributed by atoms with E-state index in [4.69, 9.17) is 42.1 Å². The lowest BCUT2D eigenvalue weighted by Crippen LogP contribution is -2.04. The van der Waals surface area contributed by atoms with E-state index in [-0.39, 0.29) is 6.79 Å². The van der Waals surface area contributed by atoms with Gasteiger partial charge in [0, 0.05) is 23.3 Å². The third-order valence-corrected chi connectivity index (χ3v) is 5.03. The van der Waals surface area contributed by atoms with E-state index < -0.39 is 0 Å². The standard InChI is InChI=1S/C23H21Cl2NO4/c1-2-27-22-10-16(12-26-18-6-7-20-21(11-18)30-14-29-20)9-19(25)23(22)28-13-15-4-3-5-17(24)8-15/h3-11,26H,2,12-14H2,1H3. The highest BCUT2D eigenvalue weighted by Crippen LogP contribution is 2.38. The summed E-state index contributed by atoms with van der Waals surface area (Å²) < 4.78 is 22.5. The fourth-order valence-corrected chi connectivity index (χ4v) is 3.62. The van der Waals surface area contributed by atoms with Crippen molar-refractivity contribution in [2.75, 3.05) is 18.7 Å². The van der Waals surface area contributed by atoms with Crippen LogP contribution in [0.25, 0.3) is 0 Å². The minimum Gasteiger partial charge on any atom is -0.490 e. The van der Waals surface area contributed by atoms with E-state index in [0.717, 1.165) is 28.3 Å². The molecule has 1 N–H and O–H groups in total. The van der Waals surface area contributed by atoms with Gasteiger partial charge in [0.15, 0.2) is 23.0 Å². The summed E-state index contributed by atoms with van der Waals surface area (Å²) >= 11 is 12.6. The van der Waals surface area contributed by atoms with Gasteiger partial charge in [-0.15, -0.1) is 0 Å². The van der Waals surface area contributed by atoms with Gasteiger partial charge in [0.1, 0.15) is 6.61 Å². The smallest absolute Gasteiger partial charge is 0.231 e. The first-order chi connectivity index (χ1) is 14.6. The molecule has 156 valence electrons. The molecule has 0 saturated carbocycles. The quantitative estimate of drug-likeness (QED) is 0.439. The maximum absolute atomic E-state index is 6.53. The van der Waals surface area contributed by atoms with Gasteiger partial charge in [-0.25, -0.2) is 0 Å². The molecule has 30 heavy (non-hydrogen) atoms. The lowest BCUT2D eigenvalue weighted by Gasteiger charge is -2.16. The molecular weight excluding hydrogens is 425 g/mol. The number of nitrogens with one attached hydrogen (secondary N) is 1. The van der Waals surface area contributed by atoms with Gasteiger partial charge in [-0.05, 0) is 54.4 Å². The number of hydrogen-bond donors (Lipinski definition) is 1. The summed E-state index contributed by atoms with van der Waals surface area (Å²) in [5, 5.41) is 4.52. The molecule has 0 spiro atoms. The Bertz CT molecular complexity index is 1040. The molecule has 0 saturated heterocycles. The molecule has 0 atom stereocenters. The van der Waals surface area contributed by atoms with Crippen LogP contribution in [-0.4, -0.2) is 13.4 Å². The zero-order valence-electron chi connectivity index (χ0n) is 16.4. The zero-order chi connectivity index (χ0) is 20.9. The van der Waals surface area contributed by atoms with Crippen molar-refractivity contribution in [1.29, 1.82) is 0 Å². The molecule has 0 unspecified atom stereocenters. The van der Waals surface area contributed by atoms with E-state index in [9.17, 15) is 0 Å². The lowest BCUT2D eigenvalue weighted by atomic mass is 10.2. The van der Waals surface area contributed by atoms with E-state index in [1.165, 1.54) is 0 Å². The van der Waals surface area contributed by atoms with Crippen LogP contribution >= 0.6 is 23.2 Å². The molecule has 0 aliphatic carbocycles. The van der Waals surface area contributed by atoms with Gasteiger partial charge >= 0.3 is 0 Å². The Balaban J connectivity index is 1.47. The van der Waals surface area contributed by atoms with E-state index in [1.54, 1.807) is 0 Å². The van der Waals surface area contributed by atoms with Crippen LogP contribution in [0.1, 0.15) is 18.1 Å². The second-order valence-corrected chi connectivity index (χ2v) is 7.52. The van der Waals surface area contributed by atoms with Gasteiger partial charge in [-0.2, -0.15) is 0 Å². The highest BCUT2D eigenvalue weighted by Gasteiger charge is 2.15. The molecule has 3 aromatic rings. The Kier molecular flexibility index (Phi) is 6.41. The molecule has 4 rings (SSSR count). The fourth-order valence-electron chi connectivity index (χ4n) is 3.12. The summed E-state index contributed by atoms with van der Waals surface area (Å²) in [5.74, 6) is 2.61. The highest BCUT2D eigenvalue weighted by molar-refractivity contribution is 6.32. The first-order valence-corrected chi connectivity index (χ1v) is 10.3. The number of halogens is 2. The van der Waals surface area contributed by atoms with Gasteiger partial charge < -0.3 is 24.3 Å². The average molecular weight is 446 g/mol. The summed E-state index contributed by atoms with van der Waals surface area (Å²) in [6.45, 7) is 3.58. The molecule has 0 fully saturated rings. The zero-order valence-corrected chi connectivity index (χ0v) is 17.9. The maximum Gasteiger partial charge on any atom is 0.231 e. The number of fused-ring (bicyclic) bond motifs is 1. The second kappa shape index (κ2) is 9.37. The van der Waals surface area contributed by atoms with Crippen LogP contribution in [0.5, 0.6) is 23.0 Å². The largest absolute Gasteiger partial charge is 0.490 e. The van der Waals surface area contributed by atoms with Crippen molar-refractivity contribution in [3.63, 3.8) is 0 Å². The van der Waals surface area contributed by atoms with Crippen molar-refractivity contribution in [3.8, 4) is 23.0 Å². The molecule has 0 aromatic heterocycles. The summed E-state index contributed by atoms with van der Waals surface area (Å²) in [6, 6.07) is 17.1. The monoisotopic (exact) mass is 445 g/mol. The Morgan fingerprint density at radius 3 is 2.63 bits per heavy atom. The van der Waals surface area contributed by atoms with Gasteiger partial charge in [0.05, 0.1) is 11.6 Å². The Morgan fingerprint density at radius 1 is 0.933 bits per heavy atom.